The normalized spacial score (nSPS) is 10.6. The van der Waals surface area contributed by atoms with Crippen molar-refractivity contribution < 1.29 is 4.42 Å². The molecule has 0 bridgehead atoms. The minimum absolute atomic E-state index is 0.241. The van der Waals surface area contributed by atoms with Gasteiger partial charge in [0, 0.05) is 10.6 Å². The highest BCUT2D eigenvalue weighted by Gasteiger charge is 2.09. The third kappa shape index (κ3) is 2.28. The molecule has 1 aromatic carbocycles. The van der Waals surface area contributed by atoms with E-state index in [1.165, 1.54) is 0 Å². The molecule has 1 heterocycles. The van der Waals surface area contributed by atoms with Crippen LogP contribution in [0.5, 0.6) is 0 Å². The molecule has 0 amide bonds. The maximum absolute atomic E-state index is 6.01. The lowest BCUT2D eigenvalue weighted by Crippen LogP contribution is -1.76. The molecule has 2 aromatic rings. The van der Waals surface area contributed by atoms with E-state index >= 15 is 0 Å². The van der Waals surface area contributed by atoms with Crippen LogP contribution in [0.15, 0.2) is 28.8 Å². The largest absolute Gasteiger partial charge is 0.439 e. The van der Waals surface area contributed by atoms with Gasteiger partial charge in [0.1, 0.15) is 0 Å². The van der Waals surface area contributed by atoms with E-state index in [0.29, 0.717) is 21.7 Å². The lowest BCUT2D eigenvalue weighted by molar-refractivity contribution is 0.529. The second kappa shape index (κ2) is 4.44. The predicted molar refractivity (Wildman–Crippen MR) is 61.5 cm³/mol. The van der Waals surface area contributed by atoms with Crippen molar-refractivity contribution >= 4 is 34.8 Å². The minimum atomic E-state index is 0.241. The van der Waals surface area contributed by atoms with E-state index in [0.717, 1.165) is 5.56 Å². The van der Waals surface area contributed by atoms with Crippen molar-refractivity contribution in [3.63, 3.8) is 0 Å². The Bertz CT molecular complexity index is 481. The van der Waals surface area contributed by atoms with E-state index < -0.39 is 0 Å². The molecule has 0 aliphatic heterocycles. The molecule has 2 rings (SSSR count). The number of hydrogen-bond acceptors (Lipinski definition) is 2. The fraction of sp³-hybridized carbons (Fsp3) is 0.100. The number of rotatable bonds is 2. The Balaban J connectivity index is 2.44. The van der Waals surface area contributed by atoms with Gasteiger partial charge in [-0.1, -0.05) is 23.2 Å². The highest BCUT2D eigenvalue weighted by atomic mass is 35.5. The second-order valence-electron chi connectivity index (χ2n) is 2.88. The molecule has 15 heavy (non-hydrogen) atoms. The Morgan fingerprint density at radius 2 is 2.07 bits per heavy atom. The van der Waals surface area contributed by atoms with Gasteiger partial charge >= 0.3 is 0 Å². The number of hydrogen-bond donors (Lipinski definition) is 0. The van der Waals surface area contributed by atoms with E-state index in [1.54, 1.807) is 24.4 Å². The van der Waals surface area contributed by atoms with Crippen molar-refractivity contribution in [2.24, 2.45) is 0 Å². The summed E-state index contributed by atoms with van der Waals surface area (Å²) in [6.45, 7) is 0. The van der Waals surface area contributed by atoms with E-state index in [9.17, 15) is 0 Å². The van der Waals surface area contributed by atoms with Crippen LogP contribution in [-0.2, 0) is 5.88 Å². The molecule has 0 saturated heterocycles. The first-order chi connectivity index (χ1) is 7.20. The summed E-state index contributed by atoms with van der Waals surface area (Å²) in [5.74, 6) is 1.30. The summed E-state index contributed by atoms with van der Waals surface area (Å²) < 4.78 is 5.37. The van der Waals surface area contributed by atoms with Crippen molar-refractivity contribution in [3.05, 3.63) is 40.3 Å². The highest BCUT2D eigenvalue weighted by molar-refractivity contribution is 6.36. The lowest BCUT2D eigenvalue weighted by atomic mass is 10.2. The Morgan fingerprint density at radius 3 is 2.67 bits per heavy atom. The SMILES string of the molecule is ClCc1ncc(-c2ccc(Cl)cc2Cl)o1. The van der Waals surface area contributed by atoms with Crippen LogP contribution in [0, 0.1) is 0 Å². The zero-order valence-electron chi connectivity index (χ0n) is 7.51. The van der Waals surface area contributed by atoms with Crippen molar-refractivity contribution in [1.29, 1.82) is 0 Å². The molecule has 0 atom stereocenters. The molecule has 0 saturated carbocycles. The van der Waals surface area contributed by atoms with Crippen LogP contribution in [0.3, 0.4) is 0 Å². The number of nitrogens with zero attached hydrogens (tertiary/aromatic N) is 1. The minimum Gasteiger partial charge on any atom is -0.439 e. The van der Waals surface area contributed by atoms with Crippen molar-refractivity contribution in [1.82, 2.24) is 4.98 Å². The molecule has 2 nitrogen and oxygen atoms in total. The fourth-order valence-corrected chi connectivity index (χ4v) is 1.81. The van der Waals surface area contributed by atoms with E-state index in [2.05, 4.69) is 4.98 Å². The zero-order chi connectivity index (χ0) is 10.8. The molecular weight excluding hydrogens is 256 g/mol. The first-order valence-corrected chi connectivity index (χ1v) is 5.46. The smallest absolute Gasteiger partial charge is 0.209 e. The van der Waals surface area contributed by atoms with E-state index in [4.69, 9.17) is 39.2 Å². The van der Waals surface area contributed by atoms with Gasteiger partial charge in [-0.15, -0.1) is 11.6 Å². The summed E-state index contributed by atoms with van der Waals surface area (Å²) in [7, 11) is 0. The van der Waals surface area contributed by atoms with Gasteiger partial charge in [-0.3, -0.25) is 0 Å². The van der Waals surface area contributed by atoms with Crippen LogP contribution in [0.4, 0.5) is 0 Å². The lowest BCUT2D eigenvalue weighted by Gasteiger charge is -1.99. The standard InChI is InChI=1S/C10H6Cl3NO/c11-4-10-14-5-9(15-10)7-2-1-6(12)3-8(7)13/h1-3,5H,4H2. The summed E-state index contributed by atoms with van der Waals surface area (Å²) in [5, 5.41) is 1.11. The zero-order valence-corrected chi connectivity index (χ0v) is 9.77. The maximum Gasteiger partial charge on any atom is 0.209 e. The molecule has 0 unspecified atom stereocenters. The second-order valence-corrected chi connectivity index (χ2v) is 3.99. The van der Waals surface area contributed by atoms with Crippen molar-refractivity contribution in [2.75, 3.05) is 0 Å². The number of aromatic nitrogens is 1. The molecule has 5 heteroatoms. The van der Waals surface area contributed by atoms with Crippen molar-refractivity contribution in [2.45, 2.75) is 5.88 Å². The third-order valence-corrected chi connectivity index (χ3v) is 2.64. The first-order valence-electron chi connectivity index (χ1n) is 4.17. The van der Waals surface area contributed by atoms with Crippen LogP contribution in [0.25, 0.3) is 11.3 Å². The Morgan fingerprint density at radius 1 is 1.27 bits per heavy atom. The van der Waals surface area contributed by atoms with Gasteiger partial charge in [0.2, 0.25) is 5.89 Å². The fourth-order valence-electron chi connectivity index (χ4n) is 1.19. The van der Waals surface area contributed by atoms with Crippen LogP contribution in [0.2, 0.25) is 10.0 Å². The maximum atomic E-state index is 6.01. The average Bonchev–Trinajstić information content (AvgIpc) is 2.66. The Labute approximate surface area is 102 Å². The number of alkyl halides is 1. The van der Waals surface area contributed by atoms with Gasteiger partial charge in [-0.05, 0) is 18.2 Å². The van der Waals surface area contributed by atoms with Gasteiger partial charge in [0.15, 0.2) is 5.76 Å². The molecule has 78 valence electrons. The van der Waals surface area contributed by atoms with Gasteiger partial charge in [0.05, 0.1) is 17.1 Å². The number of halogens is 3. The molecule has 0 N–H and O–H groups in total. The summed E-state index contributed by atoms with van der Waals surface area (Å²) in [4.78, 5) is 3.98. The summed E-state index contributed by atoms with van der Waals surface area (Å²) in [5.41, 5.74) is 0.755. The number of oxazole rings is 1. The van der Waals surface area contributed by atoms with Gasteiger partial charge in [0.25, 0.3) is 0 Å². The van der Waals surface area contributed by atoms with Crippen LogP contribution >= 0.6 is 34.8 Å². The van der Waals surface area contributed by atoms with Gasteiger partial charge in [-0.2, -0.15) is 0 Å². The van der Waals surface area contributed by atoms with Gasteiger partial charge in [-0.25, -0.2) is 4.98 Å². The summed E-state index contributed by atoms with van der Waals surface area (Å²) in [6.07, 6.45) is 1.59. The van der Waals surface area contributed by atoms with Crippen LogP contribution in [-0.4, -0.2) is 4.98 Å². The third-order valence-electron chi connectivity index (χ3n) is 1.86. The van der Waals surface area contributed by atoms with E-state index in [1.807, 2.05) is 0 Å². The Kier molecular flexibility index (Phi) is 3.19. The topological polar surface area (TPSA) is 26.0 Å². The summed E-state index contributed by atoms with van der Waals surface area (Å²) >= 11 is 17.4. The molecular formula is C10H6Cl3NO. The van der Waals surface area contributed by atoms with Crippen LogP contribution in [0.1, 0.15) is 5.89 Å². The molecule has 0 aliphatic carbocycles. The molecule has 0 spiro atoms. The molecule has 1 aromatic heterocycles. The predicted octanol–water partition coefficient (Wildman–Crippen LogP) is 4.39. The Hall–Kier alpha value is -0.700. The van der Waals surface area contributed by atoms with Crippen molar-refractivity contribution in [3.8, 4) is 11.3 Å². The molecule has 0 fully saturated rings. The average molecular weight is 263 g/mol. The molecule has 0 aliphatic rings. The van der Waals surface area contributed by atoms with E-state index in [-0.39, 0.29) is 5.88 Å². The number of benzene rings is 1. The highest BCUT2D eigenvalue weighted by Crippen LogP contribution is 2.30. The summed E-state index contributed by atoms with van der Waals surface area (Å²) in [6, 6.07) is 5.18. The quantitative estimate of drug-likeness (QED) is 0.750. The van der Waals surface area contributed by atoms with Gasteiger partial charge < -0.3 is 4.42 Å². The first kappa shape index (κ1) is 10.8. The monoisotopic (exact) mass is 261 g/mol. The molecule has 0 radical (unpaired) electrons. The van der Waals surface area contributed by atoms with Crippen LogP contribution < -0.4 is 0 Å².